The smallest absolute Gasteiger partial charge is 0.326 e. The Morgan fingerprint density at radius 2 is 2.18 bits per heavy atom. The Morgan fingerprint density at radius 1 is 1.53 bits per heavy atom. The van der Waals surface area contributed by atoms with Crippen LogP contribution in [-0.4, -0.2) is 18.1 Å². The summed E-state index contributed by atoms with van der Waals surface area (Å²) >= 11 is 3.35. The summed E-state index contributed by atoms with van der Waals surface area (Å²) in [6, 6.07) is 3.00. The van der Waals surface area contributed by atoms with Crippen LogP contribution >= 0.6 is 15.9 Å². The Labute approximate surface area is 107 Å². The van der Waals surface area contributed by atoms with Crippen LogP contribution in [0.25, 0.3) is 0 Å². The molecule has 5 heteroatoms. The van der Waals surface area contributed by atoms with E-state index < -0.39 is 11.5 Å². The number of benzene rings is 1. The molecule has 0 bridgehead atoms. The first-order chi connectivity index (χ1) is 7.98. The van der Waals surface area contributed by atoms with Crippen molar-refractivity contribution in [2.24, 2.45) is 5.73 Å². The highest BCUT2D eigenvalue weighted by Crippen LogP contribution is 2.35. The third-order valence-corrected chi connectivity index (χ3v) is 3.73. The molecule has 1 unspecified atom stereocenters. The van der Waals surface area contributed by atoms with Crippen molar-refractivity contribution >= 4 is 21.9 Å². The van der Waals surface area contributed by atoms with Crippen molar-refractivity contribution in [3.05, 3.63) is 33.5 Å². The molecule has 0 saturated heterocycles. The number of nitrogens with two attached hydrogens (primary N) is 1. The largest absolute Gasteiger partial charge is 0.465 e. The van der Waals surface area contributed by atoms with Crippen LogP contribution in [-0.2, 0) is 22.4 Å². The van der Waals surface area contributed by atoms with Gasteiger partial charge in [0.25, 0.3) is 0 Å². The molecule has 1 aromatic carbocycles. The molecule has 1 aliphatic carbocycles. The van der Waals surface area contributed by atoms with E-state index in [-0.39, 0.29) is 18.8 Å². The van der Waals surface area contributed by atoms with E-state index in [0.717, 1.165) is 10.0 Å². The van der Waals surface area contributed by atoms with Gasteiger partial charge in [0.15, 0.2) is 0 Å². The molecule has 2 rings (SSSR count). The first-order valence-electron chi connectivity index (χ1n) is 5.40. The van der Waals surface area contributed by atoms with E-state index in [2.05, 4.69) is 15.9 Å². The Morgan fingerprint density at radius 3 is 2.76 bits per heavy atom. The molecule has 0 radical (unpaired) electrons. The van der Waals surface area contributed by atoms with Crippen molar-refractivity contribution in [1.29, 1.82) is 0 Å². The van der Waals surface area contributed by atoms with E-state index in [1.807, 2.05) is 0 Å². The lowest BCUT2D eigenvalue weighted by Gasteiger charge is -2.20. The van der Waals surface area contributed by atoms with Gasteiger partial charge < -0.3 is 10.5 Å². The van der Waals surface area contributed by atoms with E-state index in [1.54, 1.807) is 13.0 Å². The molecule has 1 aliphatic rings. The molecule has 0 fully saturated rings. The second-order valence-corrected chi connectivity index (χ2v) is 5.07. The van der Waals surface area contributed by atoms with E-state index in [0.29, 0.717) is 12.0 Å². The molecule has 92 valence electrons. The standard InChI is InChI=1S/C12H13BrFNO2/c1-2-17-11(16)12(15)5-7-8(6-12)10(14)4-3-9(7)13/h3-4H,2,5-6,15H2,1H3. The topological polar surface area (TPSA) is 52.3 Å². The average Bonchev–Trinajstić information content (AvgIpc) is 2.65. The highest BCUT2D eigenvalue weighted by Gasteiger charge is 2.43. The predicted octanol–water partition coefficient (Wildman–Crippen LogP) is 1.95. The highest BCUT2D eigenvalue weighted by atomic mass is 79.9. The second kappa shape index (κ2) is 4.38. The van der Waals surface area contributed by atoms with Gasteiger partial charge in [0.05, 0.1) is 6.61 Å². The minimum Gasteiger partial charge on any atom is -0.465 e. The van der Waals surface area contributed by atoms with Crippen LogP contribution in [0.2, 0.25) is 0 Å². The summed E-state index contributed by atoms with van der Waals surface area (Å²) < 4.78 is 19.4. The van der Waals surface area contributed by atoms with Gasteiger partial charge in [0, 0.05) is 17.3 Å². The van der Waals surface area contributed by atoms with Crippen molar-refractivity contribution in [3.8, 4) is 0 Å². The Hall–Kier alpha value is -0.940. The fraction of sp³-hybridized carbons (Fsp3) is 0.417. The number of hydrogen-bond acceptors (Lipinski definition) is 3. The van der Waals surface area contributed by atoms with Crippen LogP contribution in [0.1, 0.15) is 18.1 Å². The van der Waals surface area contributed by atoms with Crippen molar-refractivity contribution < 1.29 is 13.9 Å². The van der Waals surface area contributed by atoms with E-state index in [1.165, 1.54) is 6.07 Å². The SMILES string of the molecule is CCOC(=O)C1(N)Cc2c(F)ccc(Br)c2C1. The normalized spacial score (nSPS) is 22.4. The lowest BCUT2D eigenvalue weighted by atomic mass is 9.97. The number of fused-ring (bicyclic) bond motifs is 1. The maximum absolute atomic E-state index is 13.6. The van der Waals surface area contributed by atoms with Gasteiger partial charge in [0.2, 0.25) is 0 Å². The van der Waals surface area contributed by atoms with Crippen LogP contribution in [0, 0.1) is 5.82 Å². The predicted molar refractivity (Wildman–Crippen MR) is 65.1 cm³/mol. The Balaban J connectivity index is 2.35. The summed E-state index contributed by atoms with van der Waals surface area (Å²) in [5.41, 5.74) is 6.15. The van der Waals surface area contributed by atoms with Crippen LogP contribution in [0.15, 0.2) is 16.6 Å². The number of halogens is 2. The zero-order valence-electron chi connectivity index (χ0n) is 9.43. The molecule has 0 saturated carbocycles. The van der Waals surface area contributed by atoms with Gasteiger partial charge in [-0.3, -0.25) is 4.79 Å². The van der Waals surface area contributed by atoms with Crippen LogP contribution in [0.5, 0.6) is 0 Å². The summed E-state index contributed by atoms with van der Waals surface area (Å²) in [7, 11) is 0. The van der Waals surface area contributed by atoms with Gasteiger partial charge in [-0.1, -0.05) is 15.9 Å². The zero-order valence-corrected chi connectivity index (χ0v) is 11.0. The van der Waals surface area contributed by atoms with E-state index >= 15 is 0 Å². The molecule has 2 N–H and O–H groups in total. The zero-order chi connectivity index (χ0) is 12.6. The molecule has 17 heavy (non-hydrogen) atoms. The van der Waals surface area contributed by atoms with Crippen molar-refractivity contribution in [1.82, 2.24) is 0 Å². The van der Waals surface area contributed by atoms with Crippen LogP contribution in [0.4, 0.5) is 4.39 Å². The monoisotopic (exact) mass is 301 g/mol. The number of ether oxygens (including phenoxy) is 1. The Kier molecular flexibility index (Phi) is 3.23. The van der Waals surface area contributed by atoms with Crippen molar-refractivity contribution in [2.45, 2.75) is 25.3 Å². The molecule has 1 atom stereocenters. The lowest BCUT2D eigenvalue weighted by molar-refractivity contribution is -0.149. The fourth-order valence-electron chi connectivity index (χ4n) is 2.13. The van der Waals surface area contributed by atoms with Gasteiger partial charge in [-0.2, -0.15) is 0 Å². The van der Waals surface area contributed by atoms with Crippen LogP contribution < -0.4 is 5.73 Å². The molecular weight excluding hydrogens is 289 g/mol. The van der Waals surface area contributed by atoms with Crippen molar-refractivity contribution in [2.75, 3.05) is 6.61 Å². The van der Waals surface area contributed by atoms with Crippen molar-refractivity contribution in [3.63, 3.8) is 0 Å². The highest BCUT2D eigenvalue weighted by molar-refractivity contribution is 9.10. The number of carbonyl (C=O) groups is 1. The summed E-state index contributed by atoms with van der Waals surface area (Å²) in [5.74, 6) is -0.790. The number of rotatable bonds is 2. The summed E-state index contributed by atoms with van der Waals surface area (Å²) in [6.07, 6.45) is 0.492. The summed E-state index contributed by atoms with van der Waals surface area (Å²) in [4.78, 5) is 11.8. The number of carbonyl (C=O) groups excluding carboxylic acids is 1. The molecule has 0 aromatic heterocycles. The third kappa shape index (κ3) is 2.09. The number of hydrogen-bond donors (Lipinski definition) is 1. The molecule has 0 heterocycles. The van der Waals surface area contributed by atoms with E-state index in [9.17, 15) is 9.18 Å². The molecule has 3 nitrogen and oxygen atoms in total. The molecule has 1 aromatic rings. The average molecular weight is 302 g/mol. The van der Waals surface area contributed by atoms with Gasteiger partial charge in [0.1, 0.15) is 11.4 Å². The van der Waals surface area contributed by atoms with Gasteiger partial charge in [-0.25, -0.2) is 4.39 Å². The summed E-state index contributed by atoms with van der Waals surface area (Å²) in [5, 5.41) is 0. The number of esters is 1. The maximum Gasteiger partial charge on any atom is 0.326 e. The van der Waals surface area contributed by atoms with Gasteiger partial charge in [-0.05, 0) is 30.2 Å². The second-order valence-electron chi connectivity index (χ2n) is 4.22. The van der Waals surface area contributed by atoms with Crippen LogP contribution in [0.3, 0.4) is 0 Å². The first-order valence-corrected chi connectivity index (χ1v) is 6.19. The third-order valence-electron chi connectivity index (χ3n) is 2.98. The van der Waals surface area contributed by atoms with Gasteiger partial charge in [-0.15, -0.1) is 0 Å². The lowest BCUT2D eigenvalue weighted by Crippen LogP contribution is -2.50. The Bertz CT molecular complexity index is 445. The van der Waals surface area contributed by atoms with Gasteiger partial charge >= 0.3 is 5.97 Å². The summed E-state index contributed by atoms with van der Waals surface area (Å²) in [6.45, 7) is 2.00. The molecule has 0 spiro atoms. The fourth-order valence-corrected chi connectivity index (χ4v) is 2.64. The first kappa shape index (κ1) is 12.5. The maximum atomic E-state index is 13.6. The van der Waals surface area contributed by atoms with E-state index in [4.69, 9.17) is 10.5 Å². The molecular formula is C12H13BrFNO2. The minimum absolute atomic E-state index is 0.187. The molecule has 0 aliphatic heterocycles. The quantitative estimate of drug-likeness (QED) is 0.850. The minimum atomic E-state index is -1.14. The molecule has 0 amide bonds.